The number of hydrogen-bond donors (Lipinski definition) is 1. The van der Waals surface area contributed by atoms with Gasteiger partial charge < -0.3 is 10.1 Å². The third-order valence-corrected chi connectivity index (χ3v) is 10.2. The summed E-state index contributed by atoms with van der Waals surface area (Å²) in [7, 11) is 0. The Morgan fingerprint density at radius 1 is 0.932 bits per heavy atom. The van der Waals surface area contributed by atoms with Gasteiger partial charge in [-0.3, -0.25) is 23.7 Å². The van der Waals surface area contributed by atoms with Gasteiger partial charge in [0.25, 0.3) is 0 Å². The molecule has 224 valence electrons. The van der Waals surface area contributed by atoms with Crippen molar-refractivity contribution in [1.29, 1.82) is 0 Å². The smallest absolute Gasteiger partial charge is 0.338 e. The van der Waals surface area contributed by atoms with Gasteiger partial charge in [-0.05, 0) is 67.9 Å². The van der Waals surface area contributed by atoms with Crippen molar-refractivity contribution in [3.63, 3.8) is 0 Å². The minimum atomic E-state index is -0.856. The molecule has 1 saturated heterocycles. The molecule has 1 aromatic heterocycles. The highest BCUT2D eigenvalue weighted by Crippen LogP contribution is 2.53. The van der Waals surface area contributed by atoms with Crippen LogP contribution in [0.1, 0.15) is 39.2 Å². The van der Waals surface area contributed by atoms with Crippen molar-refractivity contribution >= 4 is 58.2 Å². The number of anilines is 2. The molecule has 3 aromatic carbocycles. The molecule has 1 fully saturated rings. The molecule has 0 unspecified atom stereocenters. The fourth-order valence-corrected chi connectivity index (χ4v) is 8.25. The number of amides is 3. The predicted molar refractivity (Wildman–Crippen MR) is 165 cm³/mol. The Morgan fingerprint density at radius 2 is 1.61 bits per heavy atom. The number of carbonyl (C=O) groups excluding carboxylic acids is 4. The molecule has 44 heavy (non-hydrogen) atoms. The van der Waals surface area contributed by atoms with Crippen molar-refractivity contribution in [2.24, 2.45) is 5.92 Å². The van der Waals surface area contributed by atoms with E-state index in [0.717, 1.165) is 28.7 Å². The van der Waals surface area contributed by atoms with Gasteiger partial charge in [0.15, 0.2) is 0 Å². The van der Waals surface area contributed by atoms with Crippen molar-refractivity contribution in [3.8, 4) is 0 Å². The normalized spacial score (nSPS) is 19.0. The van der Waals surface area contributed by atoms with Gasteiger partial charge in [-0.25, -0.2) is 14.1 Å². The maximum Gasteiger partial charge on any atom is 0.338 e. The highest BCUT2D eigenvalue weighted by molar-refractivity contribution is 8.00. The standard InChI is InChI=1S/C32H26FN3O6S2/c1-3-42-31(40)19-8-12-21(13-9-19)34-23(37)16-35-30-27(44-32(35)41)24(18-6-10-20(33)11-7-18)25-26(43-30)29(39)36(28(25)38)22-14-4-17(2)5-15-22/h4-15,24-26H,3,16H2,1-2H3,(H,34,37)/t24-,25-,26+/m0/s1. The van der Waals surface area contributed by atoms with E-state index in [9.17, 15) is 28.4 Å². The van der Waals surface area contributed by atoms with Crippen molar-refractivity contribution in [2.45, 2.75) is 36.6 Å². The number of nitrogens with one attached hydrogen (secondary N) is 1. The van der Waals surface area contributed by atoms with E-state index < -0.39 is 51.5 Å². The number of aromatic nitrogens is 1. The van der Waals surface area contributed by atoms with Gasteiger partial charge in [0.05, 0.1) is 28.8 Å². The molecule has 1 N–H and O–H groups in total. The van der Waals surface area contributed by atoms with E-state index in [1.54, 1.807) is 43.3 Å². The summed E-state index contributed by atoms with van der Waals surface area (Å²) in [6.45, 7) is 3.51. The molecule has 0 saturated carbocycles. The maximum absolute atomic E-state index is 13.9. The summed E-state index contributed by atoms with van der Waals surface area (Å²) in [5, 5.41) is 2.30. The predicted octanol–water partition coefficient (Wildman–Crippen LogP) is 4.97. The third kappa shape index (κ3) is 5.35. The van der Waals surface area contributed by atoms with Gasteiger partial charge in [0.1, 0.15) is 17.6 Å². The second-order valence-electron chi connectivity index (χ2n) is 10.4. The molecule has 9 nitrogen and oxygen atoms in total. The Bertz CT molecular complexity index is 1830. The van der Waals surface area contributed by atoms with Gasteiger partial charge in [0, 0.05) is 16.5 Å². The maximum atomic E-state index is 13.9. The Hall–Kier alpha value is -4.55. The number of nitrogens with zero attached hydrogens (tertiary/aromatic N) is 2. The molecule has 2 aliphatic rings. The van der Waals surface area contributed by atoms with Gasteiger partial charge in [-0.2, -0.15) is 0 Å². The molecule has 3 amide bonds. The number of thioether (sulfide) groups is 1. The van der Waals surface area contributed by atoms with Crippen LogP contribution >= 0.6 is 23.1 Å². The first kappa shape index (κ1) is 29.5. The van der Waals surface area contributed by atoms with Crippen molar-refractivity contribution < 1.29 is 28.3 Å². The minimum absolute atomic E-state index is 0.239. The van der Waals surface area contributed by atoms with E-state index >= 15 is 0 Å². The Morgan fingerprint density at radius 3 is 2.27 bits per heavy atom. The molecule has 0 radical (unpaired) electrons. The number of esters is 1. The van der Waals surface area contributed by atoms with Gasteiger partial charge in [0.2, 0.25) is 17.7 Å². The molecule has 6 rings (SSSR count). The lowest BCUT2D eigenvalue weighted by Crippen LogP contribution is -2.33. The van der Waals surface area contributed by atoms with Crippen molar-refractivity contribution in [3.05, 3.63) is 110 Å². The summed E-state index contributed by atoms with van der Waals surface area (Å²) in [5.41, 5.74) is 2.77. The van der Waals surface area contributed by atoms with Crippen molar-refractivity contribution in [1.82, 2.24) is 4.57 Å². The van der Waals surface area contributed by atoms with E-state index in [-0.39, 0.29) is 13.2 Å². The number of ether oxygens (including phenoxy) is 1. The van der Waals surface area contributed by atoms with Crippen LogP contribution < -0.4 is 15.1 Å². The zero-order chi connectivity index (χ0) is 31.1. The summed E-state index contributed by atoms with van der Waals surface area (Å²) in [6.07, 6.45) is 0. The summed E-state index contributed by atoms with van der Waals surface area (Å²) in [4.78, 5) is 67.4. The molecule has 0 bridgehead atoms. The highest BCUT2D eigenvalue weighted by Gasteiger charge is 2.56. The van der Waals surface area contributed by atoms with E-state index in [0.29, 0.717) is 32.4 Å². The number of thiazole rings is 1. The SMILES string of the molecule is CCOC(=O)c1ccc(NC(=O)Cn2c3c(sc2=O)[C@@H](c2ccc(F)cc2)[C@@H]2C(=O)N(c4ccc(C)cc4)C(=O)[C@@H]2S3)cc1. The molecule has 0 aliphatic carbocycles. The fourth-order valence-electron chi connectivity index (χ4n) is 5.48. The first-order chi connectivity index (χ1) is 21.2. The van der Waals surface area contributed by atoms with E-state index in [2.05, 4.69) is 5.32 Å². The molecule has 3 heterocycles. The van der Waals surface area contributed by atoms with Crippen LogP contribution in [0.25, 0.3) is 0 Å². The number of halogens is 1. The fraction of sp³-hybridized carbons (Fsp3) is 0.219. The average Bonchev–Trinajstić information content (AvgIpc) is 3.45. The van der Waals surface area contributed by atoms with Gasteiger partial charge in [-0.15, -0.1) is 0 Å². The zero-order valence-corrected chi connectivity index (χ0v) is 25.2. The first-order valence-corrected chi connectivity index (χ1v) is 15.5. The van der Waals surface area contributed by atoms with Gasteiger partial charge >= 0.3 is 10.8 Å². The van der Waals surface area contributed by atoms with Crippen LogP contribution in [0.15, 0.2) is 82.6 Å². The number of rotatable bonds is 7. The number of benzene rings is 3. The lowest BCUT2D eigenvalue weighted by Gasteiger charge is -2.30. The average molecular weight is 632 g/mol. The van der Waals surface area contributed by atoms with Crippen LogP contribution in [0.5, 0.6) is 0 Å². The Kier molecular flexibility index (Phi) is 7.95. The first-order valence-electron chi connectivity index (χ1n) is 13.8. The van der Waals surface area contributed by atoms with Gasteiger partial charge in [-0.1, -0.05) is 52.9 Å². The molecule has 12 heteroatoms. The minimum Gasteiger partial charge on any atom is -0.462 e. The number of aryl methyl sites for hydroxylation is 1. The quantitative estimate of drug-likeness (QED) is 0.226. The van der Waals surface area contributed by atoms with Crippen LogP contribution in [-0.4, -0.2) is 40.1 Å². The van der Waals surface area contributed by atoms with Crippen LogP contribution in [0.3, 0.4) is 0 Å². The summed E-state index contributed by atoms with van der Waals surface area (Å²) in [5.74, 6) is -3.76. The molecule has 4 aromatic rings. The molecular formula is C32H26FN3O6S2. The topological polar surface area (TPSA) is 115 Å². The second-order valence-corrected chi connectivity index (χ2v) is 12.5. The van der Waals surface area contributed by atoms with E-state index in [4.69, 9.17) is 4.74 Å². The number of carbonyl (C=O) groups is 4. The number of imide groups is 1. The Balaban J connectivity index is 1.33. The molecule has 0 spiro atoms. The second kappa shape index (κ2) is 11.9. The van der Waals surface area contributed by atoms with Crippen LogP contribution in [-0.2, 0) is 25.7 Å². The van der Waals surface area contributed by atoms with Crippen LogP contribution in [0.4, 0.5) is 15.8 Å². The number of fused-ring (bicyclic) bond motifs is 2. The molecule has 3 atom stereocenters. The molecular weight excluding hydrogens is 605 g/mol. The van der Waals surface area contributed by atoms with Crippen molar-refractivity contribution in [2.75, 3.05) is 16.8 Å². The van der Waals surface area contributed by atoms with E-state index in [1.807, 2.05) is 19.1 Å². The zero-order valence-electron chi connectivity index (χ0n) is 23.6. The summed E-state index contributed by atoms with van der Waals surface area (Å²) in [6, 6.07) is 18.9. The van der Waals surface area contributed by atoms with Crippen LogP contribution in [0, 0.1) is 18.7 Å². The Labute approximate surface area is 259 Å². The number of hydrogen-bond acceptors (Lipinski definition) is 8. The summed E-state index contributed by atoms with van der Waals surface area (Å²) >= 11 is 2.02. The highest BCUT2D eigenvalue weighted by atomic mass is 32.2. The van der Waals surface area contributed by atoms with Crippen LogP contribution in [0.2, 0.25) is 0 Å². The summed E-state index contributed by atoms with van der Waals surface area (Å²) < 4.78 is 20.2. The molecule has 2 aliphatic heterocycles. The lowest BCUT2D eigenvalue weighted by atomic mass is 9.83. The third-order valence-electron chi connectivity index (χ3n) is 7.55. The lowest BCUT2D eigenvalue weighted by molar-refractivity contribution is -0.122. The monoisotopic (exact) mass is 631 g/mol. The largest absolute Gasteiger partial charge is 0.462 e. The van der Waals surface area contributed by atoms with E-state index in [1.165, 1.54) is 33.7 Å².